The summed E-state index contributed by atoms with van der Waals surface area (Å²) in [7, 11) is 0. The maximum Gasteiger partial charge on any atom is 0.0682 e. The Hall–Kier alpha value is -0.160. The lowest BCUT2D eigenvalue weighted by Gasteiger charge is -2.19. The minimum atomic E-state index is 0.245. The van der Waals surface area contributed by atoms with E-state index < -0.39 is 0 Å². The second-order valence-electron chi connectivity index (χ2n) is 4.62. The summed E-state index contributed by atoms with van der Waals surface area (Å²) in [5.41, 5.74) is 2.58. The van der Waals surface area contributed by atoms with E-state index in [1.165, 1.54) is 25.4 Å². The van der Waals surface area contributed by atoms with Gasteiger partial charge in [-0.2, -0.15) is 0 Å². The van der Waals surface area contributed by atoms with Crippen molar-refractivity contribution in [1.29, 1.82) is 0 Å². The van der Waals surface area contributed by atoms with Crippen molar-refractivity contribution in [2.75, 3.05) is 6.54 Å². The molecule has 1 unspecified atom stereocenters. The van der Waals surface area contributed by atoms with Crippen molar-refractivity contribution in [3.8, 4) is 0 Å². The lowest BCUT2D eigenvalue weighted by atomic mass is 10.0. The van der Waals surface area contributed by atoms with Gasteiger partial charge in [-0.15, -0.1) is 11.3 Å². The molecule has 1 nitrogen and oxygen atoms in total. The largest absolute Gasteiger partial charge is 0.306 e. The molecule has 0 bridgehead atoms. The minimum Gasteiger partial charge on any atom is -0.306 e. The van der Waals surface area contributed by atoms with Crippen LogP contribution in [0.5, 0.6) is 0 Å². The summed E-state index contributed by atoms with van der Waals surface area (Å²) in [6.07, 6.45) is 0. The Morgan fingerprint density at radius 1 is 1.16 bits per heavy atom. The normalized spacial score (nSPS) is 12.7. The monoisotopic (exact) mass is 401 g/mol. The summed E-state index contributed by atoms with van der Waals surface area (Å²) < 4.78 is 2.33. The van der Waals surface area contributed by atoms with Gasteiger partial charge in [-0.25, -0.2) is 0 Å². The van der Waals surface area contributed by atoms with Gasteiger partial charge in [0.15, 0.2) is 0 Å². The Bertz CT molecular complexity index is 557. The van der Waals surface area contributed by atoms with Crippen LogP contribution >= 0.6 is 43.2 Å². The number of nitrogens with one attached hydrogen (secondary N) is 1. The third-order valence-corrected chi connectivity index (χ3v) is 5.40. The fourth-order valence-electron chi connectivity index (χ4n) is 2.20. The zero-order valence-electron chi connectivity index (χ0n) is 11.3. The van der Waals surface area contributed by atoms with Crippen LogP contribution in [0.25, 0.3) is 0 Å². The molecule has 102 valence electrons. The van der Waals surface area contributed by atoms with Gasteiger partial charge in [-0.1, -0.05) is 28.9 Å². The van der Waals surface area contributed by atoms with E-state index >= 15 is 0 Å². The van der Waals surface area contributed by atoms with E-state index in [-0.39, 0.29) is 6.04 Å². The fraction of sp³-hybridized carbons (Fsp3) is 0.333. The zero-order chi connectivity index (χ0) is 14.0. The molecule has 1 aromatic carbocycles. The molecule has 1 aromatic heterocycles. The predicted octanol–water partition coefficient (Wildman–Crippen LogP) is 5.59. The van der Waals surface area contributed by atoms with E-state index in [0.717, 1.165) is 11.0 Å². The summed E-state index contributed by atoms with van der Waals surface area (Å²) in [4.78, 5) is 2.67. The van der Waals surface area contributed by atoms with Gasteiger partial charge < -0.3 is 5.32 Å². The number of benzene rings is 1. The summed E-state index contributed by atoms with van der Waals surface area (Å²) in [6.45, 7) is 7.37. The Morgan fingerprint density at radius 3 is 2.42 bits per heavy atom. The van der Waals surface area contributed by atoms with Gasteiger partial charge in [-0.3, -0.25) is 0 Å². The van der Waals surface area contributed by atoms with Gasteiger partial charge in [0.25, 0.3) is 0 Å². The van der Waals surface area contributed by atoms with Crippen LogP contribution in [0, 0.1) is 13.8 Å². The Balaban J connectivity index is 2.47. The quantitative estimate of drug-likeness (QED) is 0.702. The van der Waals surface area contributed by atoms with Gasteiger partial charge in [-0.05, 0) is 65.6 Å². The first-order valence-electron chi connectivity index (χ1n) is 6.27. The van der Waals surface area contributed by atoms with Crippen molar-refractivity contribution in [2.45, 2.75) is 26.8 Å². The Morgan fingerprint density at radius 2 is 1.89 bits per heavy atom. The van der Waals surface area contributed by atoms with Crippen LogP contribution in [0.3, 0.4) is 0 Å². The molecule has 1 N–H and O–H groups in total. The molecule has 1 atom stereocenters. The molecule has 0 spiro atoms. The molecule has 0 saturated carbocycles. The molecule has 0 aliphatic rings. The summed E-state index contributed by atoms with van der Waals surface area (Å²) in [5.74, 6) is 0. The van der Waals surface area contributed by atoms with E-state index in [1.54, 1.807) is 0 Å². The number of thiophene rings is 1. The number of halogens is 2. The molecule has 0 aliphatic carbocycles. The number of aryl methyl sites for hydroxylation is 2. The maximum absolute atomic E-state index is 3.68. The van der Waals surface area contributed by atoms with E-state index in [1.807, 2.05) is 11.3 Å². The molecule has 2 rings (SSSR count). The van der Waals surface area contributed by atoms with Crippen molar-refractivity contribution in [3.05, 3.63) is 54.1 Å². The second kappa shape index (κ2) is 6.53. The Kier molecular flexibility index (Phi) is 5.23. The molecule has 0 amide bonds. The molecule has 0 saturated heterocycles. The lowest BCUT2D eigenvalue weighted by molar-refractivity contribution is 0.637. The van der Waals surface area contributed by atoms with Crippen LogP contribution in [0.4, 0.5) is 0 Å². The zero-order valence-corrected chi connectivity index (χ0v) is 15.2. The molecule has 0 fully saturated rings. The average Bonchev–Trinajstić information content (AvgIpc) is 2.64. The predicted molar refractivity (Wildman–Crippen MR) is 91.2 cm³/mol. The molecule has 2 aromatic rings. The number of hydrogen-bond donors (Lipinski definition) is 1. The van der Waals surface area contributed by atoms with Crippen LogP contribution in [0.1, 0.15) is 33.8 Å². The molecular weight excluding hydrogens is 386 g/mol. The smallest absolute Gasteiger partial charge is 0.0682 e. The van der Waals surface area contributed by atoms with E-state index in [4.69, 9.17) is 0 Å². The van der Waals surface area contributed by atoms with Gasteiger partial charge >= 0.3 is 0 Å². The molecule has 1 heterocycles. The highest BCUT2D eigenvalue weighted by atomic mass is 79.9. The molecule has 4 heteroatoms. The van der Waals surface area contributed by atoms with Gasteiger partial charge in [0.05, 0.1) is 6.04 Å². The first-order valence-corrected chi connectivity index (χ1v) is 8.67. The Labute approximate surface area is 135 Å². The second-order valence-corrected chi connectivity index (χ2v) is 7.68. The fourth-order valence-corrected chi connectivity index (χ4v) is 4.80. The number of hydrogen-bond acceptors (Lipinski definition) is 2. The topological polar surface area (TPSA) is 12.0 Å². The number of rotatable bonds is 4. The van der Waals surface area contributed by atoms with Crippen LogP contribution < -0.4 is 5.32 Å². The van der Waals surface area contributed by atoms with Crippen LogP contribution in [0.2, 0.25) is 0 Å². The van der Waals surface area contributed by atoms with Gasteiger partial charge in [0, 0.05) is 18.7 Å². The third kappa shape index (κ3) is 3.69. The highest BCUT2D eigenvalue weighted by molar-refractivity contribution is 9.10. The lowest BCUT2D eigenvalue weighted by Crippen LogP contribution is -2.21. The van der Waals surface area contributed by atoms with Crippen molar-refractivity contribution in [2.24, 2.45) is 0 Å². The molecular formula is C15H17Br2NS. The summed E-state index contributed by atoms with van der Waals surface area (Å²) in [5, 5.41) is 3.58. The van der Waals surface area contributed by atoms with E-state index in [2.05, 4.69) is 82.2 Å². The first kappa shape index (κ1) is 15.2. The van der Waals surface area contributed by atoms with Crippen LogP contribution in [-0.2, 0) is 0 Å². The van der Waals surface area contributed by atoms with Crippen molar-refractivity contribution < 1.29 is 0 Å². The van der Waals surface area contributed by atoms with Crippen molar-refractivity contribution >= 4 is 43.2 Å². The van der Waals surface area contributed by atoms with Gasteiger partial charge in [0.2, 0.25) is 0 Å². The summed E-state index contributed by atoms with van der Waals surface area (Å²) >= 11 is 9.12. The van der Waals surface area contributed by atoms with E-state index in [9.17, 15) is 0 Å². The standard InChI is InChI=1S/C15H17Br2NS/c1-4-18-14(15-13(17)7-10(3)19-15)11-5-9(2)6-12(16)8-11/h5-8,14,18H,4H2,1-3H3. The maximum atomic E-state index is 3.68. The van der Waals surface area contributed by atoms with Gasteiger partial charge in [0.1, 0.15) is 0 Å². The third-order valence-electron chi connectivity index (χ3n) is 2.90. The van der Waals surface area contributed by atoms with Crippen LogP contribution in [0.15, 0.2) is 33.2 Å². The van der Waals surface area contributed by atoms with E-state index in [0.29, 0.717) is 0 Å². The average molecular weight is 403 g/mol. The highest BCUT2D eigenvalue weighted by Crippen LogP contribution is 2.36. The molecule has 0 radical (unpaired) electrons. The SMILES string of the molecule is CCNC(c1cc(C)cc(Br)c1)c1sc(C)cc1Br. The molecule has 0 aliphatic heterocycles. The minimum absolute atomic E-state index is 0.245. The van der Waals surface area contributed by atoms with Crippen molar-refractivity contribution in [1.82, 2.24) is 5.32 Å². The van der Waals surface area contributed by atoms with Crippen molar-refractivity contribution in [3.63, 3.8) is 0 Å². The first-order chi connectivity index (χ1) is 9.01. The summed E-state index contributed by atoms with van der Waals surface area (Å²) in [6, 6.07) is 9.02. The highest BCUT2D eigenvalue weighted by Gasteiger charge is 2.19. The molecule has 19 heavy (non-hydrogen) atoms. The van der Waals surface area contributed by atoms with Crippen LogP contribution in [-0.4, -0.2) is 6.54 Å².